The third-order valence-electron chi connectivity index (χ3n) is 3.06. The summed E-state index contributed by atoms with van der Waals surface area (Å²) in [5, 5.41) is 11.3. The fourth-order valence-corrected chi connectivity index (χ4v) is 2.02. The molecule has 0 fully saturated rings. The Labute approximate surface area is 121 Å². The van der Waals surface area contributed by atoms with Crippen LogP contribution in [0.25, 0.3) is 0 Å². The van der Waals surface area contributed by atoms with Crippen LogP contribution in [0.1, 0.15) is 11.3 Å². The lowest BCUT2D eigenvalue weighted by atomic mass is 10.2. The van der Waals surface area contributed by atoms with Crippen molar-refractivity contribution in [1.82, 2.24) is 9.97 Å². The van der Waals surface area contributed by atoms with Gasteiger partial charge in [-0.2, -0.15) is 4.98 Å². The Morgan fingerprint density at radius 1 is 1.33 bits per heavy atom. The van der Waals surface area contributed by atoms with Gasteiger partial charge in [0.15, 0.2) is 0 Å². The molecule has 8 nitrogen and oxygen atoms in total. The molecule has 1 heterocycles. The van der Waals surface area contributed by atoms with E-state index < -0.39 is 4.92 Å². The predicted octanol–water partition coefficient (Wildman–Crippen LogP) is 2.06. The van der Waals surface area contributed by atoms with E-state index in [0.29, 0.717) is 0 Å². The maximum absolute atomic E-state index is 11.3. The van der Waals surface area contributed by atoms with Crippen LogP contribution >= 0.6 is 0 Å². The smallest absolute Gasteiger partial charge is 0.324 e. The highest BCUT2D eigenvalue weighted by Gasteiger charge is 2.25. The Morgan fingerprint density at radius 2 is 2.05 bits per heavy atom. The van der Waals surface area contributed by atoms with Crippen molar-refractivity contribution in [3.05, 3.63) is 45.6 Å². The number of nitrogens with two attached hydrogens (primary N) is 1. The van der Waals surface area contributed by atoms with E-state index in [2.05, 4.69) is 15.4 Å². The number of hydrazine groups is 1. The largest absolute Gasteiger partial charge is 0.333 e. The molecule has 1 aromatic heterocycles. The van der Waals surface area contributed by atoms with Gasteiger partial charge in [0, 0.05) is 12.7 Å². The van der Waals surface area contributed by atoms with Gasteiger partial charge < -0.3 is 4.90 Å². The summed E-state index contributed by atoms with van der Waals surface area (Å²) in [6, 6.07) is 7.59. The van der Waals surface area contributed by atoms with E-state index >= 15 is 0 Å². The monoisotopic (exact) mass is 288 g/mol. The first-order valence-corrected chi connectivity index (χ1v) is 6.24. The van der Waals surface area contributed by atoms with E-state index in [-0.39, 0.29) is 23.1 Å². The van der Waals surface area contributed by atoms with Gasteiger partial charge in [-0.3, -0.25) is 15.5 Å². The average Bonchev–Trinajstić information content (AvgIpc) is 2.45. The van der Waals surface area contributed by atoms with Crippen LogP contribution in [0, 0.1) is 24.0 Å². The fraction of sp³-hybridized carbons (Fsp3) is 0.231. The van der Waals surface area contributed by atoms with Crippen molar-refractivity contribution in [3.63, 3.8) is 0 Å². The molecule has 8 heteroatoms. The lowest BCUT2D eigenvalue weighted by Crippen LogP contribution is -2.18. The molecule has 0 atom stereocenters. The van der Waals surface area contributed by atoms with Crippen molar-refractivity contribution >= 4 is 23.1 Å². The first-order chi connectivity index (χ1) is 9.93. The van der Waals surface area contributed by atoms with Gasteiger partial charge in [-0.25, -0.2) is 10.8 Å². The number of hydrogen-bond acceptors (Lipinski definition) is 7. The number of aryl methyl sites for hydroxylation is 2. The molecule has 2 rings (SSSR count). The minimum atomic E-state index is -0.489. The number of nitrogens with zero attached hydrogens (tertiary/aromatic N) is 4. The highest BCUT2D eigenvalue weighted by molar-refractivity contribution is 5.70. The number of benzene rings is 1. The minimum absolute atomic E-state index is 0.132. The van der Waals surface area contributed by atoms with E-state index in [4.69, 9.17) is 5.84 Å². The van der Waals surface area contributed by atoms with Gasteiger partial charge in [0.2, 0.25) is 11.8 Å². The Balaban J connectivity index is 2.60. The van der Waals surface area contributed by atoms with Crippen molar-refractivity contribution in [2.75, 3.05) is 17.4 Å². The predicted molar refractivity (Wildman–Crippen MR) is 80.5 cm³/mol. The normalized spacial score (nSPS) is 10.3. The summed E-state index contributed by atoms with van der Waals surface area (Å²) < 4.78 is 0. The number of nitrogen functional groups attached to an aromatic ring is 1. The van der Waals surface area contributed by atoms with Crippen molar-refractivity contribution in [2.24, 2.45) is 5.84 Å². The zero-order valence-corrected chi connectivity index (χ0v) is 12.0. The van der Waals surface area contributed by atoms with Crippen molar-refractivity contribution in [2.45, 2.75) is 13.8 Å². The third kappa shape index (κ3) is 2.90. The van der Waals surface area contributed by atoms with Crippen LogP contribution < -0.4 is 16.2 Å². The molecule has 0 aliphatic carbocycles. The maximum Gasteiger partial charge on any atom is 0.333 e. The molecule has 0 spiro atoms. The van der Waals surface area contributed by atoms with Crippen LogP contribution in [0.5, 0.6) is 0 Å². The number of aromatic nitrogens is 2. The van der Waals surface area contributed by atoms with Crippen LogP contribution in [-0.4, -0.2) is 21.9 Å². The Kier molecular flexibility index (Phi) is 3.99. The summed E-state index contributed by atoms with van der Waals surface area (Å²) in [6.45, 7) is 3.50. The molecule has 3 N–H and O–H groups in total. The van der Waals surface area contributed by atoms with E-state index in [0.717, 1.165) is 11.3 Å². The standard InChI is InChI=1S/C13H16N6O2/c1-8-5-4-6-10(7-8)18(3)12-11(19(20)21)9(2)15-13(16-12)17-14/h4-7H,14H2,1-3H3,(H,15,16,17). The van der Waals surface area contributed by atoms with Crippen molar-refractivity contribution in [3.8, 4) is 0 Å². The van der Waals surface area contributed by atoms with Crippen LogP contribution in [0.2, 0.25) is 0 Å². The number of rotatable bonds is 4. The number of nitrogens with one attached hydrogen (secondary N) is 1. The van der Waals surface area contributed by atoms with Crippen LogP contribution in [0.15, 0.2) is 24.3 Å². The molecule has 1 aromatic carbocycles. The van der Waals surface area contributed by atoms with Crippen LogP contribution in [0.3, 0.4) is 0 Å². The highest BCUT2D eigenvalue weighted by atomic mass is 16.6. The Morgan fingerprint density at radius 3 is 2.62 bits per heavy atom. The highest BCUT2D eigenvalue weighted by Crippen LogP contribution is 2.33. The SMILES string of the molecule is Cc1cccc(N(C)c2nc(NN)nc(C)c2[N+](=O)[O-])c1. The van der Waals surface area contributed by atoms with Crippen molar-refractivity contribution in [1.29, 1.82) is 0 Å². The van der Waals surface area contributed by atoms with Gasteiger partial charge >= 0.3 is 5.69 Å². The molecule has 0 saturated carbocycles. The van der Waals surface area contributed by atoms with E-state index in [9.17, 15) is 10.1 Å². The molecule has 110 valence electrons. The van der Waals surface area contributed by atoms with Gasteiger partial charge in [0.1, 0.15) is 5.69 Å². The van der Waals surface area contributed by atoms with E-state index in [1.54, 1.807) is 18.9 Å². The molecule has 0 saturated heterocycles. The summed E-state index contributed by atoms with van der Waals surface area (Å²) in [4.78, 5) is 20.5. The van der Waals surface area contributed by atoms with E-state index in [1.165, 1.54) is 0 Å². The molecular weight excluding hydrogens is 272 g/mol. The quantitative estimate of drug-likeness (QED) is 0.503. The molecule has 2 aromatic rings. The third-order valence-corrected chi connectivity index (χ3v) is 3.06. The van der Waals surface area contributed by atoms with Crippen molar-refractivity contribution < 1.29 is 4.92 Å². The molecule has 21 heavy (non-hydrogen) atoms. The second kappa shape index (κ2) is 5.71. The Hall–Kier alpha value is -2.74. The first-order valence-electron chi connectivity index (χ1n) is 6.24. The molecule has 0 unspecified atom stereocenters. The Bertz CT molecular complexity index is 688. The number of anilines is 3. The molecule has 0 aliphatic rings. The molecule has 0 aliphatic heterocycles. The van der Waals surface area contributed by atoms with Crippen LogP contribution in [-0.2, 0) is 0 Å². The summed E-state index contributed by atoms with van der Waals surface area (Å²) in [5.41, 5.74) is 4.26. The summed E-state index contributed by atoms with van der Waals surface area (Å²) in [6.07, 6.45) is 0. The first kappa shape index (κ1) is 14.7. The van der Waals surface area contributed by atoms with Crippen LogP contribution in [0.4, 0.5) is 23.1 Å². The minimum Gasteiger partial charge on any atom is -0.324 e. The summed E-state index contributed by atoms with van der Waals surface area (Å²) >= 11 is 0. The topological polar surface area (TPSA) is 110 Å². The second-order valence-corrected chi connectivity index (χ2v) is 4.60. The molecular formula is C13H16N6O2. The van der Waals surface area contributed by atoms with E-state index in [1.807, 2.05) is 31.2 Å². The second-order valence-electron chi connectivity index (χ2n) is 4.60. The summed E-state index contributed by atoms with van der Waals surface area (Å²) in [5.74, 6) is 5.63. The zero-order valence-electron chi connectivity index (χ0n) is 12.0. The van der Waals surface area contributed by atoms with Gasteiger partial charge in [-0.15, -0.1) is 0 Å². The van der Waals surface area contributed by atoms with Gasteiger partial charge in [0.25, 0.3) is 0 Å². The molecule has 0 bridgehead atoms. The molecule has 0 amide bonds. The van der Waals surface area contributed by atoms with Gasteiger partial charge in [-0.05, 0) is 31.5 Å². The lowest BCUT2D eigenvalue weighted by Gasteiger charge is -2.19. The van der Waals surface area contributed by atoms with Gasteiger partial charge in [-0.1, -0.05) is 12.1 Å². The number of hydrogen-bond donors (Lipinski definition) is 2. The average molecular weight is 288 g/mol. The zero-order chi connectivity index (χ0) is 15.6. The number of nitro groups is 1. The van der Waals surface area contributed by atoms with Gasteiger partial charge in [0.05, 0.1) is 4.92 Å². The maximum atomic E-state index is 11.3. The fourth-order valence-electron chi connectivity index (χ4n) is 2.02. The summed E-state index contributed by atoms with van der Waals surface area (Å²) in [7, 11) is 1.71. The molecule has 0 radical (unpaired) electrons. The lowest BCUT2D eigenvalue weighted by molar-refractivity contribution is -0.385.